The summed E-state index contributed by atoms with van der Waals surface area (Å²) >= 11 is 0. The van der Waals surface area contributed by atoms with Gasteiger partial charge in [0.2, 0.25) is 5.91 Å². The van der Waals surface area contributed by atoms with Gasteiger partial charge in [0, 0.05) is 23.5 Å². The number of rotatable bonds is 4. The molecule has 22 heavy (non-hydrogen) atoms. The largest absolute Gasteiger partial charge is 0.366 e. The fraction of sp³-hybridized carbons (Fsp3) is 0. The topological polar surface area (TPSA) is 121 Å². The predicted octanol–water partition coefficient (Wildman–Crippen LogP) is 1.21. The molecule has 0 atom stereocenters. The normalized spacial score (nSPS) is 10.4. The van der Waals surface area contributed by atoms with Gasteiger partial charge >= 0.3 is 0 Å². The van der Waals surface area contributed by atoms with Crippen LogP contribution in [-0.4, -0.2) is 32.2 Å². The Morgan fingerprint density at radius 2 is 1.41 bits per heavy atom. The SMILES string of the molecule is NC(=O)c1ccc(C(=O)N(c2cn[nH]c2)c2cn[nH]c2)cc1. The van der Waals surface area contributed by atoms with Gasteiger partial charge in [0.1, 0.15) is 0 Å². The molecule has 4 N–H and O–H groups in total. The van der Waals surface area contributed by atoms with Crippen molar-refractivity contribution in [1.82, 2.24) is 20.4 Å². The molecule has 0 aliphatic heterocycles. The molecule has 0 bridgehead atoms. The first kappa shape index (κ1) is 13.6. The van der Waals surface area contributed by atoms with E-state index in [-0.39, 0.29) is 5.91 Å². The third-order valence-electron chi connectivity index (χ3n) is 3.10. The zero-order valence-electron chi connectivity index (χ0n) is 11.4. The fourth-order valence-electron chi connectivity index (χ4n) is 2.02. The summed E-state index contributed by atoms with van der Waals surface area (Å²) in [5.74, 6) is -0.820. The van der Waals surface area contributed by atoms with Crippen LogP contribution in [0.2, 0.25) is 0 Å². The lowest BCUT2D eigenvalue weighted by Crippen LogP contribution is -2.25. The van der Waals surface area contributed by atoms with Gasteiger partial charge < -0.3 is 5.73 Å². The number of anilines is 2. The van der Waals surface area contributed by atoms with Crippen LogP contribution in [0, 0.1) is 0 Å². The summed E-state index contributed by atoms with van der Waals surface area (Å²) in [4.78, 5) is 25.3. The Labute approximate surface area is 124 Å². The van der Waals surface area contributed by atoms with Gasteiger partial charge in [-0.3, -0.25) is 24.7 Å². The van der Waals surface area contributed by atoms with Crippen molar-refractivity contribution in [3.8, 4) is 0 Å². The molecule has 110 valence electrons. The number of amides is 2. The van der Waals surface area contributed by atoms with E-state index in [1.54, 1.807) is 24.5 Å². The van der Waals surface area contributed by atoms with Gasteiger partial charge in [-0.15, -0.1) is 0 Å². The van der Waals surface area contributed by atoms with Crippen LogP contribution in [0.15, 0.2) is 49.1 Å². The summed E-state index contributed by atoms with van der Waals surface area (Å²) in [6, 6.07) is 6.13. The molecule has 8 heteroatoms. The molecule has 0 saturated heterocycles. The number of hydrogen-bond donors (Lipinski definition) is 3. The zero-order valence-corrected chi connectivity index (χ0v) is 11.4. The Kier molecular flexibility index (Phi) is 3.40. The molecule has 0 fully saturated rings. The standard InChI is InChI=1S/C14H12N6O2/c15-13(21)9-1-3-10(4-2-9)14(22)20(11-5-16-17-6-11)12-7-18-19-8-12/h1-8H,(H2,15,21)(H,16,17)(H,18,19). The first-order valence-electron chi connectivity index (χ1n) is 6.38. The Balaban J connectivity index is 1.98. The molecular formula is C14H12N6O2. The molecule has 0 aliphatic rings. The summed E-state index contributed by atoms with van der Waals surface area (Å²) in [6.45, 7) is 0. The maximum Gasteiger partial charge on any atom is 0.263 e. The summed E-state index contributed by atoms with van der Waals surface area (Å²) in [6.07, 6.45) is 6.26. The number of H-pyrrole nitrogens is 2. The van der Waals surface area contributed by atoms with Crippen molar-refractivity contribution in [2.24, 2.45) is 5.73 Å². The van der Waals surface area contributed by atoms with Gasteiger partial charge in [0.15, 0.2) is 0 Å². The Morgan fingerprint density at radius 1 is 0.909 bits per heavy atom. The second-order valence-electron chi connectivity index (χ2n) is 4.50. The monoisotopic (exact) mass is 296 g/mol. The number of nitrogens with zero attached hydrogens (tertiary/aromatic N) is 3. The number of aromatic amines is 2. The van der Waals surface area contributed by atoms with Gasteiger partial charge in [-0.1, -0.05) is 0 Å². The minimum atomic E-state index is -0.541. The van der Waals surface area contributed by atoms with E-state index in [2.05, 4.69) is 20.4 Å². The van der Waals surface area contributed by atoms with E-state index in [4.69, 9.17) is 5.73 Å². The molecule has 8 nitrogen and oxygen atoms in total. The van der Waals surface area contributed by atoms with Crippen LogP contribution in [0.3, 0.4) is 0 Å². The number of benzene rings is 1. The second kappa shape index (κ2) is 5.52. The lowest BCUT2D eigenvalue weighted by Gasteiger charge is -2.19. The van der Waals surface area contributed by atoms with Crippen molar-refractivity contribution in [3.05, 3.63) is 60.2 Å². The van der Waals surface area contributed by atoms with Gasteiger partial charge in [-0.05, 0) is 24.3 Å². The zero-order chi connectivity index (χ0) is 15.5. The average Bonchev–Trinajstić information content (AvgIpc) is 3.21. The quantitative estimate of drug-likeness (QED) is 0.670. The van der Waals surface area contributed by atoms with Crippen LogP contribution in [0.1, 0.15) is 20.7 Å². The molecule has 0 unspecified atom stereocenters. The Hall–Kier alpha value is -3.42. The van der Waals surface area contributed by atoms with E-state index >= 15 is 0 Å². The third-order valence-corrected chi connectivity index (χ3v) is 3.10. The van der Waals surface area contributed by atoms with Crippen LogP contribution >= 0.6 is 0 Å². The fourth-order valence-corrected chi connectivity index (χ4v) is 2.02. The van der Waals surface area contributed by atoms with E-state index < -0.39 is 5.91 Å². The number of aromatic nitrogens is 4. The number of carbonyl (C=O) groups excluding carboxylic acids is 2. The van der Waals surface area contributed by atoms with Crippen molar-refractivity contribution in [2.75, 3.05) is 4.90 Å². The van der Waals surface area contributed by atoms with Gasteiger partial charge in [0.05, 0.1) is 23.8 Å². The summed E-state index contributed by atoms with van der Waals surface area (Å²) < 4.78 is 0. The molecular weight excluding hydrogens is 284 g/mol. The van der Waals surface area contributed by atoms with E-state index in [0.29, 0.717) is 22.5 Å². The molecule has 2 amide bonds. The van der Waals surface area contributed by atoms with E-state index in [9.17, 15) is 9.59 Å². The molecule has 3 aromatic rings. The second-order valence-corrected chi connectivity index (χ2v) is 4.50. The molecule has 0 saturated carbocycles. The first-order valence-corrected chi connectivity index (χ1v) is 6.38. The van der Waals surface area contributed by atoms with E-state index in [1.165, 1.54) is 29.4 Å². The van der Waals surface area contributed by atoms with Gasteiger partial charge in [-0.2, -0.15) is 10.2 Å². The van der Waals surface area contributed by atoms with Crippen LogP contribution < -0.4 is 10.6 Å². The van der Waals surface area contributed by atoms with Crippen LogP contribution in [-0.2, 0) is 0 Å². The molecule has 3 rings (SSSR count). The number of hydrogen-bond acceptors (Lipinski definition) is 4. The average molecular weight is 296 g/mol. The molecule has 0 spiro atoms. The third kappa shape index (κ3) is 2.44. The molecule has 0 radical (unpaired) electrons. The Bertz CT molecular complexity index is 743. The van der Waals surface area contributed by atoms with Crippen molar-refractivity contribution in [2.45, 2.75) is 0 Å². The number of carbonyl (C=O) groups is 2. The van der Waals surface area contributed by atoms with Crippen LogP contribution in [0.4, 0.5) is 11.4 Å². The van der Waals surface area contributed by atoms with E-state index in [1.807, 2.05) is 0 Å². The number of nitrogens with two attached hydrogens (primary N) is 1. The van der Waals surface area contributed by atoms with Crippen LogP contribution in [0.25, 0.3) is 0 Å². The maximum atomic E-state index is 12.7. The smallest absolute Gasteiger partial charge is 0.263 e. The minimum absolute atomic E-state index is 0.279. The molecule has 1 aromatic carbocycles. The summed E-state index contributed by atoms with van der Waals surface area (Å²) in [5, 5.41) is 13.0. The van der Waals surface area contributed by atoms with Crippen molar-refractivity contribution >= 4 is 23.2 Å². The highest BCUT2D eigenvalue weighted by molar-refractivity contribution is 6.11. The maximum absolute atomic E-state index is 12.7. The lowest BCUT2D eigenvalue weighted by atomic mass is 10.1. The number of nitrogens with one attached hydrogen (secondary N) is 2. The predicted molar refractivity (Wildman–Crippen MR) is 78.6 cm³/mol. The van der Waals surface area contributed by atoms with Crippen LogP contribution in [0.5, 0.6) is 0 Å². The van der Waals surface area contributed by atoms with E-state index in [0.717, 1.165) is 0 Å². The highest BCUT2D eigenvalue weighted by Crippen LogP contribution is 2.25. The minimum Gasteiger partial charge on any atom is -0.366 e. The highest BCUT2D eigenvalue weighted by Gasteiger charge is 2.21. The van der Waals surface area contributed by atoms with Crippen molar-refractivity contribution < 1.29 is 9.59 Å². The van der Waals surface area contributed by atoms with Crippen molar-refractivity contribution in [1.29, 1.82) is 0 Å². The lowest BCUT2D eigenvalue weighted by molar-refractivity contribution is 0.0988. The molecule has 2 aromatic heterocycles. The summed E-state index contributed by atoms with van der Waals surface area (Å²) in [5.41, 5.74) is 7.10. The first-order chi connectivity index (χ1) is 10.7. The summed E-state index contributed by atoms with van der Waals surface area (Å²) in [7, 11) is 0. The van der Waals surface area contributed by atoms with Gasteiger partial charge in [-0.25, -0.2) is 0 Å². The molecule has 0 aliphatic carbocycles. The highest BCUT2D eigenvalue weighted by atomic mass is 16.2. The Morgan fingerprint density at radius 3 is 1.82 bits per heavy atom. The van der Waals surface area contributed by atoms with Crippen molar-refractivity contribution in [3.63, 3.8) is 0 Å². The van der Waals surface area contributed by atoms with Gasteiger partial charge in [0.25, 0.3) is 5.91 Å². The molecule has 2 heterocycles. The number of primary amides is 1.